The molecule has 3 rings (SSSR count). The fourth-order valence-corrected chi connectivity index (χ4v) is 3.27. The van der Waals surface area contributed by atoms with Crippen LogP contribution in [0.1, 0.15) is 5.56 Å². The highest BCUT2D eigenvalue weighted by Crippen LogP contribution is 2.32. The van der Waals surface area contributed by atoms with Gasteiger partial charge in [-0.15, -0.1) is 0 Å². The zero-order valence-corrected chi connectivity index (χ0v) is 14.3. The van der Waals surface area contributed by atoms with Gasteiger partial charge < -0.3 is 14.2 Å². The largest absolute Gasteiger partial charge is 0.493 e. The van der Waals surface area contributed by atoms with Gasteiger partial charge in [-0.1, -0.05) is 17.7 Å². The summed E-state index contributed by atoms with van der Waals surface area (Å²) in [4.78, 5) is 0.207. The first-order valence-corrected chi connectivity index (χ1v) is 8.98. The molecule has 2 aromatic rings. The molecule has 0 aromatic heterocycles. The van der Waals surface area contributed by atoms with E-state index in [1.54, 1.807) is 42.5 Å². The van der Waals surface area contributed by atoms with E-state index in [1.165, 1.54) is 7.11 Å². The second-order valence-electron chi connectivity index (χ2n) is 5.56. The van der Waals surface area contributed by atoms with Crippen molar-refractivity contribution in [2.24, 2.45) is 0 Å². The fraction of sp³-hybridized carbons (Fsp3) is 0.294. The Balaban J connectivity index is 1.80. The lowest BCUT2D eigenvalue weighted by Gasteiger charge is -2.27. The molecule has 0 amide bonds. The molecule has 0 saturated carbocycles. The maximum atomic E-state index is 12.4. The first-order chi connectivity index (χ1) is 11.5. The average molecular weight is 349 g/mol. The van der Waals surface area contributed by atoms with Crippen molar-refractivity contribution in [1.82, 2.24) is 0 Å². The smallest absolute Gasteiger partial charge is 0.261 e. The SMILES string of the molecule is COc1cc(NS(=O)(=O)c2ccc(C)cc2)ccc1OC1COC1. The Morgan fingerprint density at radius 2 is 1.79 bits per heavy atom. The summed E-state index contributed by atoms with van der Waals surface area (Å²) in [6.07, 6.45) is 0.00833. The van der Waals surface area contributed by atoms with Crippen LogP contribution in [0.3, 0.4) is 0 Å². The number of nitrogens with one attached hydrogen (secondary N) is 1. The first kappa shape index (κ1) is 16.6. The van der Waals surface area contributed by atoms with Crippen molar-refractivity contribution in [3.05, 3.63) is 48.0 Å². The maximum Gasteiger partial charge on any atom is 0.261 e. The number of aryl methyl sites for hydroxylation is 1. The Hall–Kier alpha value is -2.25. The molecule has 2 aromatic carbocycles. The van der Waals surface area contributed by atoms with E-state index in [1.807, 2.05) is 6.92 Å². The third kappa shape index (κ3) is 3.63. The van der Waals surface area contributed by atoms with Crippen LogP contribution in [0.15, 0.2) is 47.4 Å². The molecule has 1 N–H and O–H groups in total. The van der Waals surface area contributed by atoms with Gasteiger partial charge in [0.05, 0.1) is 30.9 Å². The molecule has 0 aliphatic carbocycles. The highest BCUT2D eigenvalue weighted by Gasteiger charge is 2.22. The van der Waals surface area contributed by atoms with E-state index in [-0.39, 0.29) is 11.0 Å². The highest BCUT2D eigenvalue weighted by molar-refractivity contribution is 7.92. The number of rotatable bonds is 6. The molecule has 1 aliphatic rings. The van der Waals surface area contributed by atoms with Crippen LogP contribution in [0.5, 0.6) is 11.5 Å². The van der Waals surface area contributed by atoms with Crippen LogP contribution < -0.4 is 14.2 Å². The Bertz CT molecular complexity index is 813. The van der Waals surface area contributed by atoms with Crippen molar-refractivity contribution >= 4 is 15.7 Å². The van der Waals surface area contributed by atoms with E-state index in [0.717, 1.165) is 5.56 Å². The minimum atomic E-state index is -3.65. The van der Waals surface area contributed by atoms with Crippen LogP contribution in [0.2, 0.25) is 0 Å². The predicted molar refractivity (Wildman–Crippen MR) is 90.2 cm³/mol. The summed E-state index contributed by atoms with van der Waals surface area (Å²) >= 11 is 0. The van der Waals surface area contributed by atoms with E-state index in [0.29, 0.717) is 30.4 Å². The Kier molecular flexibility index (Phi) is 4.64. The van der Waals surface area contributed by atoms with Crippen LogP contribution in [0, 0.1) is 6.92 Å². The molecule has 0 unspecified atom stereocenters. The van der Waals surface area contributed by atoms with E-state index in [9.17, 15) is 8.42 Å². The second kappa shape index (κ2) is 6.70. The summed E-state index contributed by atoms with van der Waals surface area (Å²) < 4.78 is 43.5. The van der Waals surface area contributed by atoms with Gasteiger partial charge in [0.2, 0.25) is 0 Å². The predicted octanol–water partition coefficient (Wildman–Crippen LogP) is 2.58. The fourth-order valence-electron chi connectivity index (χ4n) is 2.22. The summed E-state index contributed by atoms with van der Waals surface area (Å²) in [5, 5.41) is 0. The summed E-state index contributed by atoms with van der Waals surface area (Å²) in [6.45, 7) is 3.00. The first-order valence-electron chi connectivity index (χ1n) is 7.50. The number of methoxy groups -OCH3 is 1. The van der Waals surface area contributed by atoms with Crippen LogP contribution in [0.4, 0.5) is 5.69 Å². The van der Waals surface area contributed by atoms with Gasteiger partial charge in [-0.2, -0.15) is 0 Å². The lowest BCUT2D eigenvalue weighted by molar-refractivity contribution is -0.0803. The number of sulfonamides is 1. The van der Waals surface area contributed by atoms with E-state index in [2.05, 4.69) is 4.72 Å². The van der Waals surface area contributed by atoms with E-state index in [4.69, 9.17) is 14.2 Å². The number of hydrogen-bond acceptors (Lipinski definition) is 5. The van der Waals surface area contributed by atoms with Crippen molar-refractivity contribution in [2.45, 2.75) is 17.9 Å². The van der Waals surface area contributed by atoms with Gasteiger partial charge >= 0.3 is 0 Å². The van der Waals surface area contributed by atoms with Gasteiger partial charge in [0.15, 0.2) is 11.5 Å². The topological polar surface area (TPSA) is 73.9 Å². The molecule has 24 heavy (non-hydrogen) atoms. The third-order valence-corrected chi connectivity index (χ3v) is 5.05. The molecule has 0 bridgehead atoms. The zero-order valence-electron chi connectivity index (χ0n) is 13.5. The van der Waals surface area contributed by atoms with Crippen LogP contribution >= 0.6 is 0 Å². The second-order valence-corrected chi connectivity index (χ2v) is 7.24. The highest BCUT2D eigenvalue weighted by atomic mass is 32.2. The average Bonchev–Trinajstić information content (AvgIpc) is 2.51. The number of hydrogen-bond donors (Lipinski definition) is 1. The Morgan fingerprint density at radius 1 is 1.08 bits per heavy atom. The minimum Gasteiger partial charge on any atom is -0.493 e. The molecule has 6 nitrogen and oxygen atoms in total. The quantitative estimate of drug-likeness (QED) is 0.868. The standard InChI is InChI=1S/C17H19NO5S/c1-12-3-6-15(7-4-12)24(19,20)18-13-5-8-16(17(9-13)21-2)23-14-10-22-11-14/h3-9,14,18H,10-11H2,1-2H3. The van der Waals surface area contributed by atoms with Crippen molar-refractivity contribution in [3.8, 4) is 11.5 Å². The van der Waals surface area contributed by atoms with Crippen LogP contribution in [0.25, 0.3) is 0 Å². The Morgan fingerprint density at radius 3 is 2.38 bits per heavy atom. The van der Waals surface area contributed by atoms with E-state index >= 15 is 0 Å². The van der Waals surface area contributed by atoms with Crippen molar-refractivity contribution in [2.75, 3.05) is 25.0 Å². The minimum absolute atomic E-state index is 0.00833. The molecule has 1 aliphatic heterocycles. The number of anilines is 1. The lowest BCUT2D eigenvalue weighted by Crippen LogP contribution is -2.38. The molecule has 7 heteroatoms. The van der Waals surface area contributed by atoms with Gasteiger partial charge in [-0.05, 0) is 31.2 Å². The van der Waals surface area contributed by atoms with Gasteiger partial charge in [-0.3, -0.25) is 4.72 Å². The summed E-state index contributed by atoms with van der Waals surface area (Å²) in [5.74, 6) is 1.02. The summed E-state index contributed by atoms with van der Waals surface area (Å²) in [6, 6.07) is 11.6. The Labute approximate surface area is 141 Å². The van der Waals surface area contributed by atoms with Gasteiger partial charge in [0, 0.05) is 6.07 Å². The third-order valence-electron chi connectivity index (χ3n) is 3.65. The van der Waals surface area contributed by atoms with Crippen LogP contribution in [-0.4, -0.2) is 34.8 Å². The van der Waals surface area contributed by atoms with Crippen molar-refractivity contribution < 1.29 is 22.6 Å². The van der Waals surface area contributed by atoms with Gasteiger partial charge in [0.1, 0.15) is 6.10 Å². The maximum absolute atomic E-state index is 12.4. The number of ether oxygens (including phenoxy) is 3. The molecule has 0 spiro atoms. The summed E-state index contributed by atoms with van der Waals surface area (Å²) in [7, 11) is -2.14. The van der Waals surface area contributed by atoms with Gasteiger partial charge in [-0.25, -0.2) is 8.42 Å². The van der Waals surface area contributed by atoms with Gasteiger partial charge in [0.25, 0.3) is 10.0 Å². The number of benzene rings is 2. The lowest BCUT2D eigenvalue weighted by atomic mass is 10.2. The molecule has 0 atom stereocenters. The van der Waals surface area contributed by atoms with Crippen LogP contribution in [-0.2, 0) is 14.8 Å². The normalized spacial score (nSPS) is 14.8. The molecular weight excluding hydrogens is 330 g/mol. The van der Waals surface area contributed by atoms with Crippen molar-refractivity contribution in [1.29, 1.82) is 0 Å². The molecule has 128 valence electrons. The monoisotopic (exact) mass is 349 g/mol. The summed E-state index contributed by atoms with van der Waals surface area (Å²) in [5.41, 5.74) is 1.40. The molecule has 1 fully saturated rings. The molecule has 1 saturated heterocycles. The van der Waals surface area contributed by atoms with E-state index < -0.39 is 10.0 Å². The zero-order chi connectivity index (χ0) is 17.2. The molecular formula is C17H19NO5S. The molecule has 0 radical (unpaired) electrons. The molecule has 1 heterocycles. The van der Waals surface area contributed by atoms with Crippen molar-refractivity contribution in [3.63, 3.8) is 0 Å².